The van der Waals surface area contributed by atoms with Crippen molar-refractivity contribution in [3.8, 4) is 22.4 Å². The van der Waals surface area contributed by atoms with E-state index in [0.717, 1.165) is 56.2 Å². The normalized spacial score (nSPS) is 12.1. The van der Waals surface area contributed by atoms with Gasteiger partial charge in [0.15, 0.2) is 0 Å². The van der Waals surface area contributed by atoms with Crippen LogP contribution in [0.15, 0.2) is 146 Å². The Kier molecular flexibility index (Phi) is 8.65. The Morgan fingerprint density at radius 2 is 1.27 bits per heavy atom. The molecule has 0 aliphatic carbocycles. The van der Waals surface area contributed by atoms with Crippen molar-refractivity contribution in [3.05, 3.63) is 168 Å². The topological polar surface area (TPSA) is 44.9 Å². The van der Waals surface area contributed by atoms with E-state index in [4.69, 9.17) is 14.8 Å². The van der Waals surface area contributed by atoms with Gasteiger partial charge in [-0.25, -0.2) is 14.1 Å². The van der Waals surface area contributed by atoms with Crippen molar-refractivity contribution >= 4 is 19.1 Å². The van der Waals surface area contributed by atoms with Crippen LogP contribution < -0.4 is 0 Å². The maximum atomic E-state index is 14.0. The largest absolute Gasteiger partial charge is 0.360 e. The van der Waals surface area contributed by atoms with Gasteiger partial charge in [-0.05, 0) is 64.7 Å². The number of halogens is 1. The lowest BCUT2D eigenvalue weighted by molar-refractivity contribution is 0.0788. The molecule has 0 saturated heterocycles. The highest BCUT2D eigenvalue weighted by Gasteiger charge is 2.39. The summed E-state index contributed by atoms with van der Waals surface area (Å²) in [5.74, 6) is -0.279. The molecule has 5 nitrogen and oxygen atoms in total. The van der Waals surface area contributed by atoms with E-state index in [9.17, 15) is 4.39 Å². The number of hydrogen-bond donors (Lipinski definition) is 0. The van der Waals surface area contributed by atoms with E-state index in [1.807, 2.05) is 17.2 Å². The van der Waals surface area contributed by atoms with Crippen molar-refractivity contribution in [1.82, 2.24) is 19.3 Å². The van der Waals surface area contributed by atoms with Gasteiger partial charge < -0.3 is 9.30 Å². The van der Waals surface area contributed by atoms with Crippen LogP contribution in [0.5, 0.6) is 0 Å². The molecule has 48 heavy (non-hydrogen) atoms. The molecule has 0 bridgehead atoms. The summed E-state index contributed by atoms with van der Waals surface area (Å²) in [5, 5.41) is 4.96. The average Bonchev–Trinajstić information content (AvgIpc) is 3.73. The molecule has 0 radical (unpaired) electrons. The lowest BCUT2D eigenvalue weighted by Gasteiger charge is -2.38. The molecular formula is C41H39FN4OSi. The molecule has 0 aliphatic heterocycles. The predicted octanol–water partition coefficient (Wildman–Crippen LogP) is 9.86. The summed E-state index contributed by atoms with van der Waals surface area (Å²) in [7, 11) is -1.22. The van der Waals surface area contributed by atoms with Crippen LogP contribution in [-0.4, -0.2) is 34.0 Å². The molecule has 5 aromatic carbocycles. The SMILES string of the molecule is C[Si](C)(C)CCOCn1cc(-c2ccc3ncn(C(c4ccccc4)(c4ccccc4)c4ccccc4)c3c2)c(-c2ccc(F)cc2)n1. The van der Waals surface area contributed by atoms with Crippen LogP contribution in [0.3, 0.4) is 0 Å². The van der Waals surface area contributed by atoms with E-state index in [2.05, 4.69) is 133 Å². The monoisotopic (exact) mass is 650 g/mol. The highest BCUT2D eigenvalue weighted by Crippen LogP contribution is 2.43. The fourth-order valence-corrected chi connectivity index (χ4v) is 7.21. The van der Waals surface area contributed by atoms with Crippen LogP contribution in [0, 0.1) is 5.82 Å². The zero-order valence-electron chi connectivity index (χ0n) is 27.6. The van der Waals surface area contributed by atoms with Gasteiger partial charge in [0, 0.05) is 32.0 Å². The number of rotatable bonds is 11. The molecule has 0 atom stereocenters. The number of fused-ring (bicyclic) bond motifs is 1. The van der Waals surface area contributed by atoms with Crippen LogP contribution in [0.4, 0.5) is 4.39 Å². The molecule has 0 unspecified atom stereocenters. The van der Waals surface area contributed by atoms with Crippen LogP contribution in [0.2, 0.25) is 25.7 Å². The van der Waals surface area contributed by atoms with E-state index >= 15 is 0 Å². The molecule has 0 spiro atoms. The van der Waals surface area contributed by atoms with Gasteiger partial charge in [-0.15, -0.1) is 0 Å². The second-order valence-corrected chi connectivity index (χ2v) is 19.0. The molecule has 2 heterocycles. The lowest BCUT2D eigenvalue weighted by atomic mass is 9.76. The van der Waals surface area contributed by atoms with Crippen LogP contribution in [-0.2, 0) is 17.0 Å². The third-order valence-corrected chi connectivity index (χ3v) is 10.6. The number of hydrogen-bond acceptors (Lipinski definition) is 3. The lowest BCUT2D eigenvalue weighted by Crippen LogP contribution is -2.37. The Balaban J connectivity index is 1.41. The molecule has 7 aromatic rings. The molecule has 0 saturated carbocycles. The molecule has 2 aromatic heterocycles. The van der Waals surface area contributed by atoms with Gasteiger partial charge in [-0.3, -0.25) is 0 Å². The van der Waals surface area contributed by atoms with Gasteiger partial charge >= 0.3 is 0 Å². The quantitative estimate of drug-likeness (QED) is 0.0795. The van der Waals surface area contributed by atoms with E-state index in [-0.39, 0.29) is 5.82 Å². The fourth-order valence-electron chi connectivity index (χ4n) is 6.45. The summed E-state index contributed by atoms with van der Waals surface area (Å²) in [6.45, 7) is 8.08. The molecule has 0 N–H and O–H groups in total. The first-order valence-corrected chi connectivity index (χ1v) is 20.1. The fraction of sp³-hybridized carbons (Fsp3) is 0.171. The van der Waals surface area contributed by atoms with Crippen molar-refractivity contribution in [2.45, 2.75) is 38.0 Å². The molecule has 240 valence electrons. The minimum Gasteiger partial charge on any atom is -0.360 e. The molecule has 0 fully saturated rings. The predicted molar refractivity (Wildman–Crippen MR) is 195 cm³/mol. The standard InChI is InChI=1S/C41H39FN4OSi/c1-48(2,3)26-25-47-30-45-28-37(40(44-45)31-19-22-36(42)23-20-31)32-21-24-38-39(27-32)46(29-43-38)41(33-13-7-4-8-14-33,34-15-9-5-10-16-34)35-17-11-6-12-18-35/h4-24,27-29H,25-26,30H2,1-3H3. The van der Waals surface area contributed by atoms with E-state index in [0.29, 0.717) is 13.3 Å². The van der Waals surface area contributed by atoms with E-state index in [1.165, 1.54) is 12.1 Å². The molecule has 0 amide bonds. The number of nitrogens with zero attached hydrogens (tertiary/aromatic N) is 4. The third-order valence-electron chi connectivity index (χ3n) is 8.89. The van der Waals surface area contributed by atoms with Crippen molar-refractivity contribution < 1.29 is 9.13 Å². The summed E-state index contributed by atoms with van der Waals surface area (Å²) in [6.07, 6.45) is 3.99. The van der Waals surface area contributed by atoms with Crippen molar-refractivity contribution in [2.24, 2.45) is 0 Å². The van der Waals surface area contributed by atoms with Gasteiger partial charge in [0.1, 0.15) is 23.8 Å². The van der Waals surface area contributed by atoms with Gasteiger partial charge in [0.25, 0.3) is 0 Å². The van der Waals surface area contributed by atoms with Gasteiger partial charge in [-0.1, -0.05) is 117 Å². The summed E-state index contributed by atoms with van der Waals surface area (Å²) in [4.78, 5) is 4.94. The first-order valence-electron chi connectivity index (χ1n) is 16.4. The molecule has 7 heteroatoms. The van der Waals surface area contributed by atoms with Crippen molar-refractivity contribution in [3.63, 3.8) is 0 Å². The van der Waals surface area contributed by atoms with E-state index in [1.54, 1.807) is 12.1 Å². The maximum Gasteiger partial charge on any atom is 0.139 e. The first-order chi connectivity index (χ1) is 23.3. The smallest absolute Gasteiger partial charge is 0.139 e. The van der Waals surface area contributed by atoms with Gasteiger partial charge in [-0.2, -0.15) is 5.10 Å². The third kappa shape index (κ3) is 6.15. The van der Waals surface area contributed by atoms with Crippen LogP contribution in [0.1, 0.15) is 16.7 Å². The summed E-state index contributed by atoms with van der Waals surface area (Å²) in [6, 6.07) is 45.8. The van der Waals surface area contributed by atoms with Gasteiger partial charge in [0.2, 0.25) is 0 Å². The zero-order valence-corrected chi connectivity index (χ0v) is 28.6. The Morgan fingerprint density at radius 1 is 0.708 bits per heavy atom. The van der Waals surface area contributed by atoms with Crippen LogP contribution >= 0.6 is 0 Å². The molecule has 0 aliphatic rings. The Hall–Kier alpha value is -5.11. The zero-order chi connectivity index (χ0) is 33.1. The summed E-state index contributed by atoms with van der Waals surface area (Å²) in [5.41, 5.74) is 8.08. The average molecular weight is 651 g/mol. The second-order valence-electron chi connectivity index (χ2n) is 13.4. The van der Waals surface area contributed by atoms with Crippen molar-refractivity contribution in [2.75, 3.05) is 6.61 Å². The Morgan fingerprint density at radius 3 is 1.83 bits per heavy atom. The highest BCUT2D eigenvalue weighted by molar-refractivity contribution is 6.76. The number of ether oxygens (including phenoxy) is 1. The van der Waals surface area contributed by atoms with Gasteiger partial charge in [0.05, 0.1) is 17.4 Å². The molecule has 7 rings (SSSR count). The Bertz CT molecular complexity index is 2020. The number of aromatic nitrogens is 4. The van der Waals surface area contributed by atoms with Crippen molar-refractivity contribution in [1.29, 1.82) is 0 Å². The summed E-state index contributed by atoms with van der Waals surface area (Å²) < 4.78 is 24.2. The highest BCUT2D eigenvalue weighted by atomic mass is 28.3. The van der Waals surface area contributed by atoms with E-state index < -0.39 is 13.6 Å². The first kappa shape index (κ1) is 31.5. The Labute approximate surface area is 282 Å². The number of imidazole rings is 1. The number of benzene rings is 5. The minimum absolute atomic E-state index is 0.279. The summed E-state index contributed by atoms with van der Waals surface area (Å²) >= 11 is 0. The second kappa shape index (κ2) is 13.2. The minimum atomic E-state index is -1.22. The van der Waals surface area contributed by atoms with Crippen LogP contribution in [0.25, 0.3) is 33.4 Å². The maximum absolute atomic E-state index is 14.0. The molecular weight excluding hydrogens is 612 g/mol.